The maximum absolute atomic E-state index is 12.0. The summed E-state index contributed by atoms with van der Waals surface area (Å²) in [6.07, 6.45) is 1.67. The Morgan fingerprint density at radius 3 is 2.64 bits per heavy atom. The lowest BCUT2D eigenvalue weighted by molar-refractivity contribution is 0.234. The molecule has 0 aliphatic heterocycles. The number of rotatable bonds is 5. The highest BCUT2D eigenvalue weighted by Crippen LogP contribution is 2.31. The van der Waals surface area contributed by atoms with E-state index < -0.39 is 23.8 Å². The molecular weight excluding hydrogens is 320 g/mol. The SMILES string of the molecule is Cc1ccnc(NC(c2ccccc2)c2oc(CO)cc(=O)c2O)c1. The zero-order valence-electron chi connectivity index (χ0n) is 13.6. The number of nitrogens with zero attached hydrogens (tertiary/aromatic N) is 1. The fraction of sp³-hybridized carbons (Fsp3) is 0.158. The van der Waals surface area contributed by atoms with E-state index in [4.69, 9.17) is 4.42 Å². The van der Waals surface area contributed by atoms with Crippen molar-refractivity contribution in [2.24, 2.45) is 0 Å². The number of hydrogen-bond acceptors (Lipinski definition) is 6. The number of pyridine rings is 1. The van der Waals surface area contributed by atoms with E-state index in [1.807, 2.05) is 49.4 Å². The first kappa shape index (κ1) is 16.7. The Morgan fingerprint density at radius 1 is 1.20 bits per heavy atom. The third-order valence-electron chi connectivity index (χ3n) is 3.76. The minimum Gasteiger partial charge on any atom is -0.502 e. The van der Waals surface area contributed by atoms with Crippen LogP contribution in [-0.2, 0) is 6.61 Å². The van der Waals surface area contributed by atoms with Gasteiger partial charge in [-0.15, -0.1) is 0 Å². The van der Waals surface area contributed by atoms with Gasteiger partial charge in [0.2, 0.25) is 11.2 Å². The molecule has 25 heavy (non-hydrogen) atoms. The molecule has 6 nitrogen and oxygen atoms in total. The number of aliphatic hydroxyl groups is 1. The Kier molecular flexibility index (Phi) is 4.81. The molecule has 2 aromatic heterocycles. The van der Waals surface area contributed by atoms with E-state index in [0.717, 1.165) is 17.2 Å². The van der Waals surface area contributed by atoms with Gasteiger partial charge in [-0.05, 0) is 30.2 Å². The van der Waals surface area contributed by atoms with Crippen molar-refractivity contribution in [3.63, 3.8) is 0 Å². The molecule has 2 heterocycles. The summed E-state index contributed by atoms with van der Waals surface area (Å²) in [5.74, 6) is 0.195. The Hall–Kier alpha value is -3.12. The second-order valence-electron chi connectivity index (χ2n) is 5.65. The summed E-state index contributed by atoms with van der Waals surface area (Å²) < 4.78 is 5.57. The third-order valence-corrected chi connectivity index (χ3v) is 3.76. The third kappa shape index (κ3) is 3.70. The monoisotopic (exact) mass is 338 g/mol. The second kappa shape index (κ2) is 7.19. The molecule has 6 heteroatoms. The van der Waals surface area contributed by atoms with E-state index >= 15 is 0 Å². The van der Waals surface area contributed by atoms with Crippen LogP contribution in [0.3, 0.4) is 0 Å². The van der Waals surface area contributed by atoms with Crippen molar-refractivity contribution in [3.05, 3.63) is 87.6 Å². The van der Waals surface area contributed by atoms with Crippen LogP contribution in [-0.4, -0.2) is 15.2 Å². The van der Waals surface area contributed by atoms with Crippen LogP contribution < -0.4 is 10.7 Å². The van der Waals surface area contributed by atoms with Gasteiger partial charge in [0.25, 0.3) is 0 Å². The molecular formula is C19H18N2O4. The summed E-state index contributed by atoms with van der Waals surface area (Å²) in [4.78, 5) is 16.3. The zero-order chi connectivity index (χ0) is 17.8. The Labute approximate surface area is 144 Å². The lowest BCUT2D eigenvalue weighted by Gasteiger charge is -2.20. The molecule has 0 bridgehead atoms. The first-order valence-corrected chi connectivity index (χ1v) is 7.79. The lowest BCUT2D eigenvalue weighted by Crippen LogP contribution is -2.17. The Balaban J connectivity index is 2.12. The molecule has 0 saturated heterocycles. The van der Waals surface area contributed by atoms with Gasteiger partial charge in [-0.1, -0.05) is 30.3 Å². The average molecular weight is 338 g/mol. The molecule has 1 unspecified atom stereocenters. The van der Waals surface area contributed by atoms with Crippen LogP contribution in [0.5, 0.6) is 5.75 Å². The van der Waals surface area contributed by atoms with Crippen LogP contribution in [0.1, 0.15) is 28.7 Å². The smallest absolute Gasteiger partial charge is 0.227 e. The molecule has 0 spiro atoms. The molecule has 0 aliphatic carbocycles. The molecule has 0 fully saturated rings. The zero-order valence-corrected chi connectivity index (χ0v) is 13.6. The number of aromatic nitrogens is 1. The van der Waals surface area contributed by atoms with E-state index in [1.54, 1.807) is 6.20 Å². The lowest BCUT2D eigenvalue weighted by atomic mass is 10.0. The highest BCUT2D eigenvalue weighted by Gasteiger charge is 2.23. The molecule has 0 aliphatic rings. The maximum atomic E-state index is 12.0. The second-order valence-corrected chi connectivity index (χ2v) is 5.65. The van der Waals surface area contributed by atoms with Crippen molar-refractivity contribution in [2.75, 3.05) is 5.32 Å². The Morgan fingerprint density at radius 2 is 1.96 bits per heavy atom. The number of aliphatic hydroxyl groups excluding tert-OH is 1. The summed E-state index contributed by atoms with van der Waals surface area (Å²) in [7, 11) is 0. The molecule has 0 saturated carbocycles. The Bertz CT molecular complexity index is 922. The van der Waals surface area contributed by atoms with Gasteiger partial charge >= 0.3 is 0 Å². The molecule has 0 radical (unpaired) electrons. The van der Waals surface area contributed by atoms with E-state index in [9.17, 15) is 15.0 Å². The minimum absolute atomic E-state index is 0.0334. The maximum Gasteiger partial charge on any atom is 0.227 e. The number of benzene rings is 1. The fourth-order valence-electron chi connectivity index (χ4n) is 2.54. The summed E-state index contributed by atoms with van der Waals surface area (Å²) in [6.45, 7) is 1.50. The van der Waals surface area contributed by atoms with Crippen molar-refractivity contribution >= 4 is 5.82 Å². The molecule has 0 amide bonds. The fourth-order valence-corrected chi connectivity index (χ4v) is 2.54. The van der Waals surface area contributed by atoms with Crippen molar-refractivity contribution in [2.45, 2.75) is 19.6 Å². The van der Waals surface area contributed by atoms with Crippen LogP contribution in [0.2, 0.25) is 0 Å². The first-order chi connectivity index (χ1) is 12.1. The summed E-state index contributed by atoms with van der Waals surface area (Å²) in [5, 5.41) is 22.7. The standard InChI is InChI=1S/C19H18N2O4/c1-12-7-8-20-16(9-12)21-17(13-5-3-2-4-6-13)19-18(24)15(23)10-14(11-22)25-19/h2-10,17,22,24H,11H2,1H3,(H,20,21). The number of aryl methyl sites for hydroxylation is 1. The number of anilines is 1. The van der Waals surface area contributed by atoms with Gasteiger partial charge in [0.15, 0.2) is 5.76 Å². The average Bonchev–Trinajstić information content (AvgIpc) is 2.63. The summed E-state index contributed by atoms with van der Waals surface area (Å²) in [6, 6.07) is 13.4. The van der Waals surface area contributed by atoms with Crippen molar-refractivity contribution in [1.82, 2.24) is 4.98 Å². The predicted molar refractivity (Wildman–Crippen MR) is 93.4 cm³/mol. The van der Waals surface area contributed by atoms with Crippen LogP contribution in [0.25, 0.3) is 0 Å². The molecule has 3 N–H and O–H groups in total. The van der Waals surface area contributed by atoms with Crippen molar-refractivity contribution < 1.29 is 14.6 Å². The van der Waals surface area contributed by atoms with Gasteiger partial charge in [-0.3, -0.25) is 4.79 Å². The molecule has 3 aromatic rings. The van der Waals surface area contributed by atoms with Gasteiger partial charge in [0.1, 0.15) is 24.2 Å². The number of hydrogen-bond donors (Lipinski definition) is 3. The topological polar surface area (TPSA) is 95.6 Å². The minimum atomic E-state index is -0.644. The predicted octanol–water partition coefficient (Wildman–Crippen LogP) is 2.74. The number of nitrogens with one attached hydrogen (secondary N) is 1. The first-order valence-electron chi connectivity index (χ1n) is 7.79. The van der Waals surface area contributed by atoms with E-state index in [1.165, 1.54) is 0 Å². The van der Waals surface area contributed by atoms with Crippen molar-refractivity contribution in [3.8, 4) is 5.75 Å². The van der Waals surface area contributed by atoms with Crippen LogP contribution in [0, 0.1) is 6.92 Å². The normalized spacial score (nSPS) is 11.9. The van der Waals surface area contributed by atoms with E-state index in [-0.39, 0.29) is 11.5 Å². The van der Waals surface area contributed by atoms with Gasteiger partial charge in [0.05, 0.1) is 0 Å². The van der Waals surface area contributed by atoms with Crippen LogP contribution in [0.15, 0.2) is 63.9 Å². The summed E-state index contributed by atoms with van der Waals surface area (Å²) >= 11 is 0. The van der Waals surface area contributed by atoms with Gasteiger partial charge < -0.3 is 19.9 Å². The highest BCUT2D eigenvalue weighted by molar-refractivity contribution is 5.46. The van der Waals surface area contributed by atoms with E-state index in [2.05, 4.69) is 10.3 Å². The van der Waals surface area contributed by atoms with Crippen LogP contribution in [0.4, 0.5) is 5.82 Å². The molecule has 3 rings (SSSR count). The molecule has 1 atom stereocenters. The molecule has 128 valence electrons. The highest BCUT2D eigenvalue weighted by atomic mass is 16.4. The van der Waals surface area contributed by atoms with Gasteiger partial charge in [0, 0.05) is 12.3 Å². The molecule has 1 aromatic carbocycles. The van der Waals surface area contributed by atoms with Crippen molar-refractivity contribution in [1.29, 1.82) is 0 Å². The largest absolute Gasteiger partial charge is 0.502 e. The van der Waals surface area contributed by atoms with Gasteiger partial charge in [-0.2, -0.15) is 0 Å². The number of aromatic hydroxyl groups is 1. The summed E-state index contributed by atoms with van der Waals surface area (Å²) in [5.41, 5.74) is 1.18. The van der Waals surface area contributed by atoms with Crippen LogP contribution >= 0.6 is 0 Å². The van der Waals surface area contributed by atoms with E-state index in [0.29, 0.717) is 5.82 Å². The van der Waals surface area contributed by atoms with Gasteiger partial charge in [-0.25, -0.2) is 4.98 Å². The quantitative estimate of drug-likeness (QED) is 0.662.